The van der Waals surface area contributed by atoms with Gasteiger partial charge < -0.3 is 14.2 Å². The Morgan fingerprint density at radius 1 is 0.328 bits per heavy atom. The monoisotopic (exact) mass is 887 g/mol. The minimum Gasteiger partial charge on any atom is -0.462 e. The lowest BCUT2D eigenvalue weighted by atomic mass is 10.1. The number of esters is 3. The maximum Gasteiger partial charge on any atom is 0.306 e. The Hall–Kier alpha value is -3.93. The fourth-order valence-electron chi connectivity index (χ4n) is 6.77. The topological polar surface area (TPSA) is 78.9 Å². The van der Waals surface area contributed by atoms with Crippen LogP contribution in [0, 0.1) is 0 Å². The molecule has 1 atom stereocenters. The predicted molar refractivity (Wildman–Crippen MR) is 274 cm³/mol. The molecule has 6 heteroatoms. The van der Waals surface area contributed by atoms with Crippen LogP contribution in [-0.4, -0.2) is 37.2 Å². The molecular formula is C58H94O6. The summed E-state index contributed by atoms with van der Waals surface area (Å²) in [5.74, 6) is -0.965. The Bertz CT molecular complexity index is 1340. The molecule has 0 saturated heterocycles. The van der Waals surface area contributed by atoms with Gasteiger partial charge in [-0.05, 0) is 89.9 Å². The zero-order valence-corrected chi connectivity index (χ0v) is 41.3. The largest absolute Gasteiger partial charge is 0.462 e. The van der Waals surface area contributed by atoms with Gasteiger partial charge in [-0.1, -0.05) is 220 Å². The van der Waals surface area contributed by atoms with Crippen LogP contribution in [0.3, 0.4) is 0 Å². The van der Waals surface area contributed by atoms with E-state index < -0.39 is 6.10 Å². The standard InChI is InChI=1S/C58H94O6/c1-4-7-10-13-16-19-22-25-27-28-29-30-32-33-36-39-42-45-48-51-57(60)63-54-55(53-62-56(59)50-47-44-41-38-35-24-21-18-15-12-9-6-3)64-58(61)52-49-46-43-40-37-34-31-26-23-20-17-14-11-8-5-2/h7,10,13,16,18-23,25,27-30,32-33,36,55H,4-6,8-9,11-12,14-15,17,24,26,31,34-35,37-54H2,1-3H3/b10-7-,16-13-,21-18-,22-19-,23-20-,27-25-,29-28+,32-30-,36-33-. The lowest BCUT2D eigenvalue weighted by molar-refractivity contribution is -0.167. The summed E-state index contributed by atoms with van der Waals surface area (Å²) < 4.78 is 16.7. The molecule has 0 N–H and O–H groups in total. The molecule has 0 spiro atoms. The van der Waals surface area contributed by atoms with E-state index in [1.54, 1.807) is 0 Å². The van der Waals surface area contributed by atoms with E-state index in [0.29, 0.717) is 19.3 Å². The first-order valence-corrected chi connectivity index (χ1v) is 26.0. The summed E-state index contributed by atoms with van der Waals surface area (Å²) in [5, 5.41) is 0. The number of ether oxygens (including phenoxy) is 3. The van der Waals surface area contributed by atoms with Crippen LogP contribution in [0.2, 0.25) is 0 Å². The molecule has 6 nitrogen and oxygen atoms in total. The Morgan fingerprint density at radius 2 is 0.625 bits per heavy atom. The minimum atomic E-state index is -0.804. The van der Waals surface area contributed by atoms with E-state index in [0.717, 1.165) is 83.5 Å². The first-order valence-electron chi connectivity index (χ1n) is 26.0. The molecular weight excluding hydrogens is 793 g/mol. The summed E-state index contributed by atoms with van der Waals surface area (Å²) in [4.78, 5) is 38.0. The zero-order valence-electron chi connectivity index (χ0n) is 41.3. The third kappa shape index (κ3) is 49.1. The van der Waals surface area contributed by atoms with E-state index in [-0.39, 0.29) is 31.1 Å². The molecule has 0 aromatic carbocycles. The summed E-state index contributed by atoms with van der Waals surface area (Å²) >= 11 is 0. The highest BCUT2D eigenvalue weighted by molar-refractivity contribution is 5.71. The molecule has 0 rings (SSSR count). The van der Waals surface area contributed by atoms with Crippen LogP contribution in [0.5, 0.6) is 0 Å². The van der Waals surface area contributed by atoms with Crippen molar-refractivity contribution in [3.8, 4) is 0 Å². The molecule has 0 aromatic heterocycles. The van der Waals surface area contributed by atoms with Gasteiger partial charge in [0.1, 0.15) is 13.2 Å². The second kappa shape index (κ2) is 51.7. The maximum absolute atomic E-state index is 12.8. The van der Waals surface area contributed by atoms with Gasteiger partial charge in [0.15, 0.2) is 6.10 Å². The normalized spacial score (nSPS) is 13.0. The number of allylic oxidation sites excluding steroid dienone is 18. The van der Waals surface area contributed by atoms with E-state index in [2.05, 4.69) is 57.2 Å². The second-order valence-electron chi connectivity index (χ2n) is 16.9. The molecule has 0 aromatic rings. The van der Waals surface area contributed by atoms with Gasteiger partial charge in [-0.2, -0.15) is 0 Å². The summed E-state index contributed by atoms with van der Waals surface area (Å²) in [6.07, 6.45) is 69.2. The number of carbonyl (C=O) groups excluding carboxylic acids is 3. The first-order chi connectivity index (χ1) is 31.5. The summed E-state index contributed by atoms with van der Waals surface area (Å²) in [6.45, 7) is 6.39. The summed E-state index contributed by atoms with van der Waals surface area (Å²) in [5.41, 5.74) is 0. The fraction of sp³-hybridized carbons (Fsp3) is 0.638. The molecule has 0 saturated carbocycles. The van der Waals surface area contributed by atoms with Crippen molar-refractivity contribution in [1.82, 2.24) is 0 Å². The molecule has 0 bridgehead atoms. The van der Waals surface area contributed by atoms with E-state index in [1.165, 1.54) is 96.3 Å². The minimum absolute atomic E-state index is 0.101. The molecule has 0 heterocycles. The van der Waals surface area contributed by atoms with Crippen LogP contribution in [0.1, 0.15) is 220 Å². The molecule has 0 aliphatic rings. The van der Waals surface area contributed by atoms with Crippen molar-refractivity contribution >= 4 is 17.9 Å². The number of unbranched alkanes of at least 4 members (excludes halogenated alkanes) is 22. The van der Waals surface area contributed by atoms with Crippen LogP contribution >= 0.6 is 0 Å². The van der Waals surface area contributed by atoms with Gasteiger partial charge in [-0.25, -0.2) is 0 Å². The third-order valence-corrected chi connectivity index (χ3v) is 10.7. The van der Waals surface area contributed by atoms with Crippen LogP contribution in [-0.2, 0) is 28.6 Å². The van der Waals surface area contributed by atoms with Crippen molar-refractivity contribution in [2.45, 2.75) is 226 Å². The molecule has 0 aliphatic carbocycles. The maximum atomic E-state index is 12.8. The van der Waals surface area contributed by atoms with Crippen LogP contribution in [0.4, 0.5) is 0 Å². The van der Waals surface area contributed by atoms with Gasteiger partial charge in [-0.15, -0.1) is 0 Å². The quantitative estimate of drug-likeness (QED) is 0.0199. The van der Waals surface area contributed by atoms with Gasteiger partial charge in [0.25, 0.3) is 0 Å². The van der Waals surface area contributed by atoms with Crippen molar-refractivity contribution in [2.24, 2.45) is 0 Å². The van der Waals surface area contributed by atoms with Crippen molar-refractivity contribution in [2.75, 3.05) is 13.2 Å². The molecule has 0 radical (unpaired) electrons. The van der Waals surface area contributed by atoms with Gasteiger partial charge >= 0.3 is 17.9 Å². The Morgan fingerprint density at radius 3 is 1.05 bits per heavy atom. The smallest absolute Gasteiger partial charge is 0.306 e. The Balaban J connectivity index is 4.51. The number of hydrogen-bond acceptors (Lipinski definition) is 6. The summed E-state index contributed by atoms with van der Waals surface area (Å²) in [6, 6.07) is 0. The lowest BCUT2D eigenvalue weighted by Gasteiger charge is -2.18. The van der Waals surface area contributed by atoms with E-state index in [1.807, 2.05) is 72.9 Å². The Labute approximate surface area is 393 Å². The number of hydrogen-bond donors (Lipinski definition) is 0. The van der Waals surface area contributed by atoms with Gasteiger partial charge in [0.2, 0.25) is 0 Å². The van der Waals surface area contributed by atoms with Crippen LogP contribution < -0.4 is 0 Å². The highest BCUT2D eigenvalue weighted by Gasteiger charge is 2.19. The molecule has 1 unspecified atom stereocenters. The SMILES string of the molecule is CC\C=C/C=C\C=C/C=C\C=C\C=C/C=C\CCCCCC(=O)OCC(COC(=O)CCCCCCC/C=C\CCCCC)OC(=O)CCCCCCCCC/C=C\CCCCCC. The summed E-state index contributed by atoms with van der Waals surface area (Å²) in [7, 11) is 0. The zero-order chi connectivity index (χ0) is 46.5. The second-order valence-corrected chi connectivity index (χ2v) is 16.9. The number of rotatable bonds is 45. The van der Waals surface area contributed by atoms with E-state index in [4.69, 9.17) is 14.2 Å². The van der Waals surface area contributed by atoms with Gasteiger partial charge in [0, 0.05) is 19.3 Å². The van der Waals surface area contributed by atoms with Gasteiger partial charge in [0.05, 0.1) is 0 Å². The predicted octanol–water partition coefficient (Wildman–Crippen LogP) is 17.1. The fourth-order valence-corrected chi connectivity index (χ4v) is 6.77. The van der Waals surface area contributed by atoms with Crippen molar-refractivity contribution < 1.29 is 28.6 Å². The van der Waals surface area contributed by atoms with E-state index >= 15 is 0 Å². The Kier molecular flexibility index (Phi) is 48.5. The van der Waals surface area contributed by atoms with Crippen molar-refractivity contribution in [3.05, 3.63) is 109 Å². The molecule has 64 heavy (non-hydrogen) atoms. The lowest BCUT2D eigenvalue weighted by Crippen LogP contribution is -2.30. The average Bonchev–Trinajstić information content (AvgIpc) is 3.29. The van der Waals surface area contributed by atoms with Crippen molar-refractivity contribution in [3.63, 3.8) is 0 Å². The molecule has 0 aliphatic heterocycles. The van der Waals surface area contributed by atoms with Gasteiger partial charge in [-0.3, -0.25) is 14.4 Å². The van der Waals surface area contributed by atoms with Crippen molar-refractivity contribution in [1.29, 1.82) is 0 Å². The molecule has 0 fully saturated rings. The third-order valence-electron chi connectivity index (χ3n) is 10.7. The highest BCUT2D eigenvalue weighted by Crippen LogP contribution is 2.14. The highest BCUT2D eigenvalue weighted by atomic mass is 16.6. The average molecular weight is 887 g/mol. The first kappa shape index (κ1) is 60.1. The van der Waals surface area contributed by atoms with E-state index in [9.17, 15) is 14.4 Å². The molecule has 0 amide bonds. The molecule has 362 valence electrons. The van der Waals surface area contributed by atoms with Crippen LogP contribution in [0.15, 0.2) is 109 Å². The van der Waals surface area contributed by atoms with Crippen LogP contribution in [0.25, 0.3) is 0 Å². The number of carbonyl (C=O) groups is 3.